The highest BCUT2D eigenvalue weighted by Crippen LogP contribution is 2.24. The average molecular weight is 371 g/mol. The van der Waals surface area contributed by atoms with E-state index in [4.69, 9.17) is 11.6 Å². The molecule has 0 unspecified atom stereocenters. The lowest BCUT2D eigenvalue weighted by atomic mass is 10.1. The van der Waals surface area contributed by atoms with Crippen molar-refractivity contribution in [3.8, 4) is 0 Å². The molecule has 0 saturated carbocycles. The Bertz CT molecular complexity index is 839. The summed E-state index contributed by atoms with van der Waals surface area (Å²) in [5.41, 5.74) is 5.15. The Morgan fingerprint density at radius 2 is 2.00 bits per heavy atom. The topological polar surface area (TPSA) is 65.1 Å². The van der Waals surface area contributed by atoms with Crippen LogP contribution in [0.25, 0.3) is 11.0 Å². The smallest absolute Gasteiger partial charge is 0.0890 e. The maximum atomic E-state index is 6.58. The molecule has 2 aromatic rings. The summed E-state index contributed by atoms with van der Waals surface area (Å²) in [6.45, 7) is 5.42. The SMILES string of the molecule is ClC1=C(N2CCCNCC2)C(NCc2ccc3nccnc3c2)=CNC1. The Hall–Kier alpha value is -2.31. The predicted octanol–water partition coefficient (Wildman–Crippen LogP) is 1.91. The minimum absolute atomic E-state index is 0.678. The minimum Gasteiger partial charge on any atom is -0.384 e. The summed E-state index contributed by atoms with van der Waals surface area (Å²) in [5.74, 6) is 0. The number of dihydropyridines is 1. The summed E-state index contributed by atoms with van der Waals surface area (Å²) in [4.78, 5) is 11.1. The van der Waals surface area contributed by atoms with Crippen molar-refractivity contribution < 1.29 is 0 Å². The van der Waals surface area contributed by atoms with Gasteiger partial charge in [-0.05, 0) is 30.7 Å². The number of nitrogens with one attached hydrogen (secondary N) is 3. The molecule has 0 amide bonds. The molecule has 0 aliphatic carbocycles. The Kier molecular flexibility index (Phi) is 5.22. The van der Waals surface area contributed by atoms with Gasteiger partial charge in [-0.15, -0.1) is 0 Å². The normalized spacial score (nSPS) is 18.3. The molecule has 1 fully saturated rings. The third-order valence-corrected chi connectivity index (χ3v) is 5.00. The molecule has 7 heteroatoms. The maximum Gasteiger partial charge on any atom is 0.0890 e. The summed E-state index contributed by atoms with van der Waals surface area (Å²) in [7, 11) is 0. The molecular weight excluding hydrogens is 348 g/mol. The van der Waals surface area contributed by atoms with Gasteiger partial charge in [0.2, 0.25) is 0 Å². The van der Waals surface area contributed by atoms with Crippen LogP contribution in [-0.4, -0.2) is 47.6 Å². The Balaban J connectivity index is 1.50. The Morgan fingerprint density at radius 1 is 1.12 bits per heavy atom. The summed E-state index contributed by atoms with van der Waals surface area (Å²) in [5, 5.41) is 11.1. The van der Waals surface area contributed by atoms with E-state index in [1.807, 2.05) is 12.3 Å². The molecule has 0 bridgehead atoms. The first-order valence-electron chi connectivity index (χ1n) is 9.03. The van der Waals surface area contributed by atoms with Crippen LogP contribution in [-0.2, 0) is 6.54 Å². The molecule has 1 aromatic heterocycles. The molecule has 4 rings (SSSR count). The fourth-order valence-corrected chi connectivity index (χ4v) is 3.70. The monoisotopic (exact) mass is 370 g/mol. The van der Waals surface area contributed by atoms with E-state index in [-0.39, 0.29) is 0 Å². The van der Waals surface area contributed by atoms with Crippen LogP contribution < -0.4 is 16.0 Å². The first-order valence-corrected chi connectivity index (χ1v) is 9.41. The average Bonchev–Trinajstić information content (AvgIpc) is 2.95. The van der Waals surface area contributed by atoms with Crippen LogP contribution in [0.4, 0.5) is 0 Å². The minimum atomic E-state index is 0.678. The van der Waals surface area contributed by atoms with E-state index in [2.05, 4.69) is 43.0 Å². The summed E-state index contributed by atoms with van der Waals surface area (Å²) in [6.07, 6.45) is 6.59. The summed E-state index contributed by atoms with van der Waals surface area (Å²) in [6, 6.07) is 6.17. The van der Waals surface area contributed by atoms with Gasteiger partial charge in [-0.1, -0.05) is 17.7 Å². The fourth-order valence-electron chi connectivity index (χ4n) is 3.40. The standard InChI is InChI=1S/C19H23ClN6/c20-15-12-22-13-18(19(15)26-8-1-4-21-7-9-26)25-11-14-2-3-16-17(10-14)24-6-5-23-16/h2-3,5-6,10,13,21-22,25H,1,4,7-9,11-12H2. The van der Waals surface area contributed by atoms with Crippen LogP contribution >= 0.6 is 11.6 Å². The number of nitrogens with zero attached hydrogens (tertiary/aromatic N) is 3. The number of rotatable bonds is 4. The van der Waals surface area contributed by atoms with E-state index in [1.165, 1.54) is 0 Å². The molecule has 3 N–H and O–H groups in total. The molecule has 6 nitrogen and oxygen atoms in total. The number of halogens is 1. The van der Waals surface area contributed by atoms with Gasteiger partial charge in [-0.3, -0.25) is 9.97 Å². The third kappa shape index (κ3) is 3.76. The highest BCUT2D eigenvalue weighted by atomic mass is 35.5. The lowest BCUT2D eigenvalue weighted by Crippen LogP contribution is -2.36. The lowest BCUT2D eigenvalue weighted by molar-refractivity contribution is 0.364. The molecule has 0 spiro atoms. The van der Waals surface area contributed by atoms with Gasteiger partial charge >= 0.3 is 0 Å². The van der Waals surface area contributed by atoms with E-state index in [1.54, 1.807) is 12.4 Å². The van der Waals surface area contributed by atoms with Crippen molar-refractivity contribution in [2.75, 3.05) is 32.7 Å². The molecule has 1 aromatic carbocycles. The van der Waals surface area contributed by atoms with Crippen molar-refractivity contribution in [2.45, 2.75) is 13.0 Å². The molecule has 3 heterocycles. The zero-order chi connectivity index (χ0) is 17.8. The van der Waals surface area contributed by atoms with Gasteiger partial charge in [0.05, 0.1) is 34.0 Å². The van der Waals surface area contributed by atoms with Crippen molar-refractivity contribution in [1.82, 2.24) is 30.8 Å². The van der Waals surface area contributed by atoms with E-state index < -0.39 is 0 Å². The fraction of sp³-hybridized carbons (Fsp3) is 0.368. The number of aromatic nitrogens is 2. The van der Waals surface area contributed by atoms with E-state index in [0.29, 0.717) is 13.1 Å². The highest BCUT2D eigenvalue weighted by Gasteiger charge is 2.21. The van der Waals surface area contributed by atoms with Gasteiger partial charge in [0.1, 0.15) is 0 Å². The first kappa shape index (κ1) is 17.1. The summed E-state index contributed by atoms with van der Waals surface area (Å²) < 4.78 is 0. The van der Waals surface area contributed by atoms with Gasteiger partial charge in [-0.2, -0.15) is 0 Å². The molecular formula is C19H23ClN6. The zero-order valence-corrected chi connectivity index (χ0v) is 15.4. The van der Waals surface area contributed by atoms with Crippen LogP contribution in [0, 0.1) is 0 Å². The quantitative estimate of drug-likeness (QED) is 0.764. The molecule has 0 atom stereocenters. The van der Waals surface area contributed by atoms with Gasteiger partial charge < -0.3 is 20.9 Å². The Morgan fingerprint density at radius 3 is 2.92 bits per heavy atom. The zero-order valence-electron chi connectivity index (χ0n) is 14.6. The van der Waals surface area contributed by atoms with E-state index >= 15 is 0 Å². The lowest BCUT2D eigenvalue weighted by Gasteiger charge is -2.31. The van der Waals surface area contributed by atoms with E-state index in [9.17, 15) is 0 Å². The second-order valence-electron chi connectivity index (χ2n) is 6.52. The second-order valence-corrected chi connectivity index (χ2v) is 6.97. The first-order chi connectivity index (χ1) is 12.8. The number of hydrogen-bond donors (Lipinski definition) is 3. The van der Waals surface area contributed by atoms with Crippen LogP contribution in [0.5, 0.6) is 0 Å². The molecule has 26 heavy (non-hydrogen) atoms. The van der Waals surface area contributed by atoms with Crippen molar-refractivity contribution in [3.63, 3.8) is 0 Å². The molecule has 1 saturated heterocycles. The number of benzene rings is 1. The molecule has 2 aliphatic heterocycles. The van der Waals surface area contributed by atoms with Crippen LogP contribution in [0.1, 0.15) is 12.0 Å². The van der Waals surface area contributed by atoms with Gasteiger partial charge in [-0.25, -0.2) is 0 Å². The van der Waals surface area contributed by atoms with Gasteiger partial charge in [0, 0.05) is 44.8 Å². The second kappa shape index (κ2) is 7.93. The molecule has 2 aliphatic rings. The molecule has 0 radical (unpaired) electrons. The van der Waals surface area contributed by atoms with Crippen molar-refractivity contribution >= 4 is 22.6 Å². The van der Waals surface area contributed by atoms with Crippen LogP contribution in [0.15, 0.2) is 53.2 Å². The van der Waals surface area contributed by atoms with E-state index in [0.717, 1.165) is 65.6 Å². The van der Waals surface area contributed by atoms with Gasteiger partial charge in [0.25, 0.3) is 0 Å². The summed E-state index contributed by atoms with van der Waals surface area (Å²) >= 11 is 6.58. The Labute approximate surface area is 158 Å². The predicted molar refractivity (Wildman–Crippen MR) is 104 cm³/mol. The highest BCUT2D eigenvalue weighted by molar-refractivity contribution is 6.30. The van der Waals surface area contributed by atoms with Gasteiger partial charge in [0.15, 0.2) is 0 Å². The van der Waals surface area contributed by atoms with Crippen molar-refractivity contribution in [3.05, 3.63) is 58.8 Å². The third-order valence-electron chi connectivity index (χ3n) is 4.69. The largest absolute Gasteiger partial charge is 0.384 e. The number of fused-ring (bicyclic) bond motifs is 1. The van der Waals surface area contributed by atoms with Crippen molar-refractivity contribution in [2.24, 2.45) is 0 Å². The van der Waals surface area contributed by atoms with Crippen LogP contribution in [0.3, 0.4) is 0 Å². The molecule has 136 valence electrons. The maximum absolute atomic E-state index is 6.58. The number of hydrogen-bond acceptors (Lipinski definition) is 6. The van der Waals surface area contributed by atoms with Crippen LogP contribution in [0.2, 0.25) is 0 Å². The van der Waals surface area contributed by atoms with Crippen molar-refractivity contribution in [1.29, 1.82) is 0 Å².